The lowest BCUT2D eigenvalue weighted by atomic mass is 10.1. The average Bonchev–Trinajstić information content (AvgIpc) is 3.19. The minimum Gasteiger partial charge on any atom is -0.387 e. The number of nitrogen functional groups attached to an aromatic ring is 1. The van der Waals surface area contributed by atoms with Crippen LogP contribution in [-0.4, -0.2) is 78.7 Å². The first-order chi connectivity index (χ1) is 13.0. The van der Waals surface area contributed by atoms with E-state index in [9.17, 15) is 15.0 Å². The van der Waals surface area contributed by atoms with Crippen molar-refractivity contribution in [3.8, 4) is 0 Å². The quantitative estimate of drug-likeness (QED) is 0.372. The summed E-state index contributed by atoms with van der Waals surface area (Å²) in [6.07, 6.45) is -0.785. The lowest BCUT2D eigenvalue weighted by Gasteiger charge is -2.16. The van der Waals surface area contributed by atoms with E-state index in [2.05, 4.69) is 25.6 Å². The number of aromatic nitrogens is 4. The number of carbonyl (C=O) groups is 1. The Morgan fingerprint density at radius 3 is 2.93 bits per heavy atom. The van der Waals surface area contributed by atoms with Crippen LogP contribution in [0.15, 0.2) is 12.7 Å². The summed E-state index contributed by atoms with van der Waals surface area (Å²) in [7, 11) is 0. The summed E-state index contributed by atoms with van der Waals surface area (Å²) in [5.74, 6) is 1.36. The Morgan fingerprint density at radius 2 is 2.15 bits per heavy atom. The van der Waals surface area contributed by atoms with Gasteiger partial charge in [0.05, 0.1) is 12.4 Å². The van der Waals surface area contributed by atoms with Gasteiger partial charge in [-0.05, 0) is 6.92 Å². The van der Waals surface area contributed by atoms with E-state index in [-0.39, 0.29) is 11.8 Å². The number of amides is 2. The van der Waals surface area contributed by atoms with Gasteiger partial charge in [0, 0.05) is 24.6 Å². The van der Waals surface area contributed by atoms with Crippen molar-refractivity contribution < 1.29 is 19.7 Å². The van der Waals surface area contributed by atoms with E-state index in [4.69, 9.17) is 10.5 Å². The molecule has 0 aromatic carbocycles. The normalized spacial score (nSPS) is 25.0. The van der Waals surface area contributed by atoms with Crippen LogP contribution in [0.3, 0.4) is 0 Å². The molecule has 1 saturated heterocycles. The Balaban J connectivity index is 1.56. The predicted molar refractivity (Wildman–Crippen MR) is 100 cm³/mol. The molecule has 11 nitrogen and oxygen atoms in total. The number of nitrogens with one attached hydrogen (secondary N) is 2. The molecule has 2 aromatic rings. The topological polar surface area (TPSA) is 160 Å². The molecule has 148 valence electrons. The molecule has 3 rings (SSSR count). The van der Waals surface area contributed by atoms with Crippen LogP contribution in [0.2, 0.25) is 0 Å². The first-order valence-corrected chi connectivity index (χ1v) is 9.72. The van der Waals surface area contributed by atoms with E-state index in [1.165, 1.54) is 24.4 Å². The third-order valence-corrected chi connectivity index (χ3v) is 5.21. The van der Waals surface area contributed by atoms with Crippen LogP contribution in [0.1, 0.15) is 13.2 Å². The van der Waals surface area contributed by atoms with E-state index < -0.39 is 24.5 Å². The SMILES string of the molecule is CCNC(=O)NCCSC[C@H]1O[C@@H](n2cnc3c(N)ncnc32)C(O)[C@H]1O. The Bertz CT molecular complexity index is 789. The number of hydrogen-bond acceptors (Lipinski definition) is 9. The molecule has 0 saturated carbocycles. The molecule has 1 fully saturated rings. The summed E-state index contributed by atoms with van der Waals surface area (Å²) in [4.78, 5) is 23.5. The molecule has 1 unspecified atom stereocenters. The number of anilines is 1. The summed E-state index contributed by atoms with van der Waals surface area (Å²) in [6.45, 7) is 2.91. The van der Waals surface area contributed by atoms with Gasteiger partial charge in [0.25, 0.3) is 0 Å². The molecule has 6 N–H and O–H groups in total. The highest BCUT2D eigenvalue weighted by Gasteiger charge is 2.44. The van der Waals surface area contributed by atoms with Gasteiger partial charge in [-0.15, -0.1) is 0 Å². The molecule has 3 heterocycles. The third kappa shape index (κ3) is 4.24. The summed E-state index contributed by atoms with van der Waals surface area (Å²) in [5, 5.41) is 26.1. The molecule has 0 radical (unpaired) electrons. The Labute approximate surface area is 159 Å². The van der Waals surface area contributed by atoms with E-state index in [0.717, 1.165) is 0 Å². The zero-order valence-electron chi connectivity index (χ0n) is 14.8. The van der Waals surface area contributed by atoms with E-state index in [1.807, 2.05) is 6.92 Å². The second kappa shape index (κ2) is 8.69. The standard InChI is InChI=1S/C15H23N7O4S/c1-2-17-15(25)18-3-4-27-5-8-10(23)11(24)14(26-8)22-7-21-9-12(16)19-6-20-13(9)22/h6-8,10-11,14,23-24H,2-5H2,1H3,(H2,16,19,20)(H2,17,18,25)/t8-,10+,11?,14-/m1/s1. The molecule has 1 aliphatic rings. The number of imidazole rings is 1. The minimum atomic E-state index is -1.13. The van der Waals surface area contributed by atoms with Crippen molar-refractivity contribution in [2.75, 3.05) is 30.3 Å². The number of aliphatic hydroxyl groups is 2. The van der Waals surface area contributed by atoms with Gasteiger partial charge in [-0.3, -0.25) is 4.57 Å². The van der Waals surface area contributed by atoms with Crippen LogP contribution < -0.4 is 16.4 Å². The maximum Gasteiger partial charge on any atom is 0.314 e. The van der Waals surface area contributed by atoms with Crippen LogP contribution in [0.25, 0.3) is 11.2 Å². The van der Waals surface area contributed by atoms with Gasteiger partial charge in [-0.25, -0.2) is 19.7 Å². The maximum absolute atomic E-state index is 11.3. The molecule has 27 heavy (non-hydrogen) atoms. The fourth-order valence-corrected chi connectivity index (χ4v) is 3.73. The van der Waals surface area contributed by atoms with Crippen molar-refractivity contribution in [3.05, 3.63) is 12.7 Å². The highest BCUT2D eigenvalue weighted by atomic mass is 32.2. The molecule has 0 aliphatic carbocycles. The van der Waals surface area contributed by atoms with Gasteiger partial charge in [-0.1, -0.05) is 0 Å². The zero-order chi connectivity index (χ0) is 19.4. The number of rotatable bonds is 7. The summed E-state index contributed by atoms with van der Waals surface area (Å²) >= 11 is 1.51. The van der Waals surface area contributed by atoms with Crippen LogP contribution in [0, 0.1) is 0 Å². The molecule has 0 spiro atoms. The summed E-state index contributed by atoms with van der Waals surface area (Å²) in [5.41, 5.74) is 6.62. The first-order valence-electron chi connectivity index (χ1n) is 8.57. The molecule has 2 aromatic heterocycles. The van der Waals surface area contributed by atoms with Crippen molar-refractivity contribution in [2.45, 2.75) is 31.5 Å². The number of carbonyl (C=O) groups excluding carboxylic acids is 1. The smallest absolute Gasteiger partial charge is 0.314 e. The number of hydrogen-bond donors (Lipinski definition) is 5. The second-order valence-corrected chi connectivity index (χ2v) is 7.14. The van der Waals surface area contributed by atoms with Crippen molar-refractivity contribution in [1.29, 1.82) is 0 Å². The largest absolute Gasteiger partial charge is 0.387 e. The lowest BCUT2D eigenvalue weighted by molar-refractivity contribution is -0.0289. The zero-order valence-corrected chi connectivity index (χ0v) is 15.6. The van der Waals surface area contributed by atoms with Crippen LogP contribution in [0.4, 0.5) is 10.6 Å². The number of ether oxygens (including phenoxy) is 1. The third-order valence-electron chi connectivity index (χ3n) is 4.15. The average molecular weight is 397 g/mol. The van der Waals surface area contributed by atoms with Gasteiger partial charge < -0.3 is 31.3 Å². The van der Waals surface area contributed by atoms with Crippen LogP contribution in [-0.2, 0) is 4.74 Å². The van der Waals surface area contributed by atoms with Crippen LogP contribution in [0.5, 0.6) is 0 Å². The lowest BCUT2D eigenvalue weighted by Crippen LogP contribution is -2.36. The van der Waals surface area contributed by atoms with Gasteiger partial charge in [-0.2, -0.15) is 11.8 Å². The molecule has 0 bridgehead atoms. The van der Waals surface area contributed by atoms with Gasteiger partial charge >= 0.3 is 6.03 Å². The number of thioether (sulfide) groups is 1. The monoisotopic (exact) mass is 397 g/mol. The number of fused-ring (bicyclic) bond motifs is 1. The molecular weight excluding hydrogens is 374 g/mol. The summed E-state index contributed by atoms with van der Waals surface area (Å²) in [6, 6.07) is -0.209. The van der Waals surface area contributed by atoms with Crippen molar-refractivity contribution in [1.82, 2.24) is 30.2 Å². The Hall–Kier alpha value is -2.15. The van der Waals surface area contributed by atoms with Crippen LogP contribution >= 0.6 is 11.8 Å². The maximum atomic E-state index is 11.3. The Morgan fingerprint density at radius 1 is 1.33 bits per heavy atom. The number of nitrogens with two attached hydrogens (primary N) is 1. The molecule has 1 aliphatic heterocycles. The fraction of sp³-hybridized carbons (Fsp3) is 0.600. The molecule has 2 amide bonds. The van der Waals surface area contributed by atoms with Gasteiger partial charge in [0.15, 0.2) is 17.7 Å². The highest BCUT2D eigenvalue weighted by molar-refractivity contribution is 7.99. The summed E-state index contributed by atoms with van der Waals surface area (Å²) < 4.78 is 7.39. The van der Waals surface area contributed by atoms with Gasteiger partial charge in [0.1, 0.15) is 24.1 Å². The molecule has 4 atom stereocenters. The van der Waals surface area contributed by atoms with Crippen molar-refractivity contribution >= 4 is 34.8 Å². The minimum absolute atomic E-state index is 0.209. The highest BCUT2D eigenvalue weighted by Crippen LogP contribution is 2.33. The van der Waals surface area contributed by atoms with E-state index in [0.29, 0.717) is 35.8 Å². The first kappa shape index (κ1) is 19.6. The number of urea groups is 1. The van der Waals surface area contributed by atoms with E-state index >= 15 is 0 Å². The fourth-order valence-electron chi connectivity index (χ4n) is 2.81. The van der Waals surface area contributed by atoms with Gasteiger partial charge in [0.2, 0.25) is 0 Å². The predicted octanol–water partition coefficient (Wildman–Crippen LogP) is -0.920. The number of aliphatic hydroxyl groups excluding tert-OH is 2. The number of nitrogens with zero attached hydrogens (tertiary/aromatic N) is 4. The van der Waals surface area contributed by atoms with E-state index in [1.54, 1.807) is 4.57 Å². The van der Waals surface area contributed by atoms with Crippen molar-refractivity contribution in [3.63, 3.8) is 0 Å². The molecular formula is C15H23N7O4S. The van der Waals surface area contributed by atoms with Crippen molar-refractivity contribution in [2.24, 2.45) is 0 Å². The molecule has 12 heteroatoms. The Kier molecular flexibility index (Phi) is 6.31. The second-order valence-electron chi connectivity index (χ2n) is 5.99.